The Balaban J connectivity index is 1.36. The molecule has 5 aromatic carbocycles. The van der Waals surface area contributed by atoms with E-state index < -0.39 is 23.7 Å². The predicted octanol–water partition coefficient (Wildman–Crippen LogP) is 8.25. The molecule has 2 aliphatic heterocycles. The molecule has 42 heavy (non-hydrogen) atoms. The van der Waals surface area contributed by atoms with Crippen LogP contribution in [0.4, 0.5) is 0 Å². The monoisotopic (exact) mass is 550 g/mol. The molecule has 2 heterocycles. The van der Waals surface area contributed by atoms with Crippen LogP contribution in [-0.2, 0) is 14.7 Å². The Morgan fingerprint density at radius 2 is 1.10 bits per heavy atom. The molecule has 5 aromatic rings. The van der Waals surface area contributed by atoms with Crippen LogP contribution in [-0.4, -0.2) is 18.3 Å². The summed E-state index contributed by atoms with van der Waals surface area (Å²) in [6, 6.07) is 40.3. The van der Waals surface area contributed by atoms with Crippen molar-refractivity contribution < 1.29 is 18.8 Å². The second-order valence-corrected chi connectivity index (χ2v) is 12.3. The lowest BCUT2D eigenvalue weighted by molar-refractivity contribution is 0.00578. The molecule has 8 rings (SSSR count). The number of fused-ring (bicyclic) bond motifs is 6. The van der Waals surface area contributed by atoms with E-state index >= 15 is 0 Å². The van der Waals surface area contributed by atoms with E-state index in [1.165, 1.54) is 22.3 Å². The Morgan fingerprint density at radius 1 is 0.500 bits per heavy atom. The Hall–Kier alpha value is -4.32. The summed E-state index contributed by atoms with van der Waals surface area (Å²) in [5, 5.41) is 0. The van der Waals surface area contributed by atoms with Gasteiger partial charge in [-0.05, 0) is 67.6 Å². The lowest BCUT2D eigenvalue weighted by Gasteiger charge is -2.34. The van der Waals surface area contributed by atoms with Crippen LogP contribution >= 0.6 is 0 Å². The molecule has 0 amide bonds. The van der Waals surface area contributed by atoms with Gasteiger partial charge < -0.3 is 18.8 Å². The summed E-state index contributed by atoms with van der Waals surface area (Å²) >= 11 is 0. The maximum atomic E-state index is 6.94. The number of rotatable bonds is 3. The van der Waals surface area contributed by atoms with Gasteiger partial charge in [0.2, 0.25) is 0 Å². The lowest BCUT2D eigenvalue weighted by atomic mass is 9.68. The number of hydrogen-bond donors (Lipinski definition) is 0. The van der Waals surface area contributed by atoms with Crippen molar-refractivity contribution in [1.82, 2.24) is 0 Å². The first-order chi connectivity index (χ1) is 20.3. The van der Waals surface area contributed by atoms with Crippen LogP contribution in [0.15, 0.2) is 115 Å². The van der Waals surface area contributed by atoms with Gasteiger partial charge in [0.25, 0.3) is 0 Å². The summed E-state index contributed by atoms with van der Waals surface area (Å²) in [5.41, 5.74) is 6.34. The van der Waals surface area contributed by atoms with Crippen LogP contribution in [0.25, 0.3) is 11.1 Å². The van der Waals surface area contributed by atoms with Crippen molar-refractivity contribution in [2.24, 2.45) is 0 Å². The van der Waals surface area contributed by atoms with Crippen molar-refractivity contribution in [3.63, 3.8) is 0 Å². The summed E-state index contributed by atoms with van der Waals surface area (Å²) in [6.45, 7) is 8.24. The summed E-state index contributed by atoms with van der Waals surface area (Å²) in [7, 11) is -0.577. The van der Waals surface area contributed by atoms with Gasteiger partial charge in [-0.3, -0.25) is 0 Å². The van der Waals surface area contributed by atoms with E-state index in [-0.39, 0.29) is 0 Å². The fourth-order valence-electron chi connectivity index (χ4n) is 6.76. The smallest absolute Gasteiger partial charge is 0.450 e. The number of benzene rings is 5. The molecule has 1 saturated heterocycles. The topological polar surface area (TPSA) is 36.9 Å². The highest BCUT2D eigenvalue weighted by atomic mass is 16.7. The van der Waals surface area contributed by atoms with Gasteiger partial charge in [0, 0.05) is 11.0 Å². The van der Waals surface area contributed by atoms with E-state index in [1.54, 1.807) is 0 Å². The molecule has 0 radical (unpaired) electrons. The molecule has 0 N–H and O–H groups in total. The van der Waals surface area contributed by atoms with Crippen molar-refractivity contribution in [1.29, 1.82) is 0 Å². The minimum absolute atomic E-state index is 0.473. The molecule has 3 aliphatic rings. The quantitative estimate of drug-likeness (QED) is 0.208. The molecule has 1 fully saturated rings. The minimum atomic E-state index is -0.577. The Morgan fingerprint density at radius 3 is 1.76 bits per heavy atom. The maximum absolute atomic E-state index is 6.94. The zero-order chi connectivity index (χ0) is 28.7. The van der Waals surface area contributed by atoms with Crippen molar-refractivity contribution >= 4 is 12.6 Å². The van der Waals surface area contributed by atoms with Gasteiger partial charge in [0.15, 0.2) is 23.0 Å². The summed E-state index contributed by atoms with van der Waals surface area (Å²) in [6.07, 6.45) is 0. The SMILES string of the molecule is CC1(C)OB(c2cccc3c2Oc2c(ccc4c2-c2ccccc2C4(c2ccccc2)c2ccccc2)O3)OC1(C)C. The van der Waals surface area contributed by atoms with E-state index in [1.807, 2.05) is 24.3 Å². The van der Waals surface area contributed by atoms with Gasteiger partial charge in [0.1, 0.15) is 0 Å². The predicted molar refractivity (Wildman–Crippen MR) is 166 cm³/mol. The van der Waals surface area contributed by atoms with Gasteiger partial charge in [-0.2, -0.15) is 0 Å². The van der Waals surface area contributed by atoms with Crippen LogP contribution in [0.5, 0.6) is 23.0 Å². The van der Waals surface area contributed by atoms with Gasteiger partial charge in [-0.1, -0.05) is 103 Å². The maximum Gasteiger partial charge on any atom is 0.498 e. The van der Waals surface area contributed by atoms with Gasteiger partial charge in [0.05, 0.1) is 16.6 Å². The second-order valence-electron chi connectivity index (χ2n) is 12.3. The number of hydrogen-bond acceptors (Lipinski definition) is 4. The molecule has 0 saturated carbocycles. The fourth-order valence-corrected chi connectivity index (χ4v) is 6.76. The van der Waals surface area contributed by atoms with Crippen LogP contribution in [0.1, 0.15) is 49.9 Å². The van der Waals surface area contributed by atoms with Crippen LogP contribution < -0.4 is 14.9 Å². The molecule has 206 valence electrons. The van der Waals surface area contributed by atoms with E-state index in [0.29, 0.717) is 23.0 Å². The standard InChI is InChI=1S/C37H31BO4/c1-35(2)36(3,4)42-38(41-35)29-20-13-21-30-33(29)40-34-31(39-30)23-22-28-32(34)26-18-11-12-19-27(26)37(28,24-14-7-5-8-15-24)25-16-9-6-10-17-25/h5-23H,1-4H3. The zero-order valence-electron chi connectivity index (χ0n) is 24.2. The molecule has 0 aromatic heterocycles. The highest BCUT2D eigenvalue weighted by molar-refractivity contribution is 6.63. The highest BCUT2D eigenvalue weighted by Gasteiger charge is 2.53. The summed E-state index contributed by atoms with van der Waals surface area (Å²) in [4.78, 5) is 0. The molecular formula is C37H31BO4. The average Bonchev–Trinajstić information content (AvgIpc) is 3.43. The third-order valence-electron chi connectivity index (χ3n) is 9.48. The zero-order valence-corrected chi connectivity index (χ0v) is 24.2. The fraction of sp³-hybridized carbons (Fsp3) is 0.189. The molecular weight excluding hydrogens is 519 g/mol. The third kappa shape index (κ3) is 3.38. The molecule has 1 aliphatic carbocycles. The largest absolute Gasteiger partial charge is 0.498 e. The van der Waals surface area contributed by atoms with E-state index in [2.05, 4.69) is 119 Å². The van der Waals surface area contributed by atoms with E-state index in [9.17, 15) is 0 Å². The normalized spacial score (nSPS) is 18.2. The average molecular weight is 550 g/mol. The summed E-state index contributed by atoms with van der Waals surface area (Å²) < 4.78 is 26.4. The first kappa shape index (κ1) is 25.4. The van der Waals surface area contributed by atoms with Crippen LogP contribution in [0.3, 0.4) is 0 Å². The number of ether oxygens (including phenoxy) is 2. The third-order valence-corrected chi connectivity index (χ3v) is 9.48. The Kier molecular flexibility index (Phi) is 5.35. The van der Waals surface area contributed by atoms with E-state index in [0.717, 1.165) is 16.6 Å². The van der Waals surface area contributed by atoms with Crippen LogP contribution in [0.2, 0.25) is 0 Å². The molecule has 5 heteroatoms. The first-order valence-electron chi connectivity index (χ1n) is 14.5. The Bertz CT molecular complexity index is 1790. The van der Waals surface area contributed by atoms with Crippen molar-refractivity contribution in [2.45, 2.75) is 44.3 Å². The summed E-state index contributed by atoms with van der Waals surface area (Å²) in [5.74, 6) is 2.69. The van der Waals surface area contributed by atoms with Crippen molar-refractivity contribution in [2.75, 3.05) is 0 Å². The van der Waals surface area contributed by atoms with Gasteiger partial charge in [-0.15, -0.1) is 0 Å². The van der Waals surface area contributed by atoms with Crippen molar-refractivity contribution in [3.05, 3.63) is 138 Å². The highest BCUT2D eigenvalue weighted by Crippen LogP contribution is 2.62. The first-order valence-corrected chi connectivity index (χ1v) is 14.5. The number of para-hydroxylation sites is 1. The van der Waals surface area contributed by atoms with Gasteiger partial charge >= 0.3 is 7.12 Å². The van der Waals surface area contributed by atoms with Crippen molar-refractivity contribution in [3.8, 4) is 34.1 Å². The minimum Gasteiger partial charge on any atom is -0.450 e. The molecule has 0 atom stereocenters. The molecule has 0 bridgehead atoms. The molecule has 0 spiro atoms. The Labute approximate surface area is 247 Å². The molecule has 0 unspecified atom stereocenters. The van der Waals surface area contributed by atoms with E-state index in [4.69, 9.17) is 18.8 Å². The second kappa shape index (κ2) is 8.84. The lowest BCUT2D eigenvalue weighted by Crippen LogP contribution is -2.41. The van der Waals surface area contributed by atoms with Gasteiger partial charge in [-0.25, -0.2) is 0 Å². The van der Waals surface area contributed by atoms with Crippen LogP contribution in [0, 0.1) is 0 Å². The molecule has 4 nitrogen and oxygen atoms in total.